The van der Waals surface area contributed by atoms with E-state index in [1.165, 1.54) is 167 Å². The van der Waals surface area contributed by atoms with Gasteiger partial charge >= 0.3 is 19.8 Å². The van der Waals surface area contributed by atoms with Crippen molar-refractivity contribution in [1.29, 1.82) is 0 Å². The third-order valence-electron chi connectivity index (χ3n) is 10.8. The molecule has 0 aliphatic carbocycles. The molecule has 0 saturated heterocycles. The van der Waals surface area contributed by atoms with Gasteiger partial charge in [-0.2, -0.15) is 0 Å². The molecular weight excluding hydrogens is 750 g/mol. The lowest BCUT2D eigenvalue weighted by molar-refractivity contribution is -0.870. The number of nitrogens with zero attached hydrogens (tertiary/aromatic N) is 1. The maximum atomic E-state index is 12.7. The van der Waals surface area contributed by atoms with E-state index < -0.39 is 32.5 Å². The van der Waals surface area contributed by atoms with E-state index in [1.54, 1.807) is 0 Å². The van der Waals surface area contributed by atoms with Crippen LogP contribution in [0.4, 0.5) is 0 Å². The summed E-state index contributed by atoms with van der Waals surface area (Å²) >= 11 is 0. The largest absolute Gasteiger partial charge is 0.472 e. The molecule has 0 heterocycles. The first kappa shape index (κ1) is 56.8. The number of carbonyl (C=O) groups is 2. The Bertz CT molecular complexity index is 1000. The Morgan fingerprint density at radius 3 is 1.34 bits per heavy atom. The SMILES string of the molecule is CCCCCCCCCCCCC/C=C\CCC(=O)OCC(COP(=O)(O)OCC[N+](C)(C)C)OC(=O)CCCCCCCCCCCCCCCCCCCCC. The highest BCUT2D eigenvalue weighted by Gasteiger charge is 2.27. The second-order valence-corrected chi connectivity index (χ2v) is 19.3. The number of carbonyl (C=O) groups excluding carboxylic acids is 2. The van der Waals surface area contributed by atoms with Gasteiger partial charge in [0, 0.05) is 12.8 Å². The van der Waals surface area contributed by atoms with Gasteiger partial charge in [0.2, 0.25) is 0 Å². The average molecular weight is 845 g/mol. The van der Waals surface area contributed by atoms with Crippen molar-refractivity contribution in [3.05, 3.63) is 12.2 Å². The van der Waals surface area contributed by atoms with Crippen molar-refractivity contribution >= 4 is 19.8 Å². The van der Waals surface area contributed by atoms with Gasteiger partial charge in [-0.05, 0) is 25.7 Å². The van der Waals surface area contributed by atoms with Crippen LogP contribution in [0, 0.1) is 0 Å². The first-order chi connectivity index (χ1) is 28.0. The van der Waals surface area contributed by atoms with E-state index in [2.05, 4.69) is 19.9 Å². The fraction of sp³-hybridized carbons (Fsp3) is 0.917. The Balaban J connectivity index is 4.28. The number of phosphoric acid groups is 1. The number of hydrogen-bond acceptors (Lipinski definition) is 7. The molecule has 0 spiro atoms. The molecule has 0 amide bonds. The molecule has 9 nitrogen and oxygen atoms in total. The third kappa shape index (κ3) is 44.3. The Morgan fingerprint density at radius 1 is 0.517 bits per heavy atom. The lowest BCUT2D eigenvalue weighted by Gasteiger charge is -2.24. The van der Waals surface area contributed by atoms with E-state index in [9.17, 15) is 19.0 Å². The molecule has 0 aliphatic heterocycles. The Hall–Kier alpha value is -1.25. The van der Waals surface area contributed by atoms with Crippen LogP contribution in [0.1, 0.15) is 232 Å². The predicted molar refractivity (Wildman–Crippen MR) is 243 cm³/mol. The van der Waals surface area contributed by atoms with Crippen LogP contribution >= 0.6 is 7.82 Å². The van der Waals surface area contributed by atoms with Gasteiger partial charge in [-0.1, -0.05) is 206 Å². The van der Waals surface area contributed by atoms with Crippen molar-refractivity contribution in [1.82, 2.24) is 0 Å². The average Bonchev–Trinajstić information content (AvgIpc) is 3.17. The van der Waals surface area contributed by atoms with Crippen molar-refractivity contribution in [2.75, 3.05) is 47.5 Å². The quantitative estimate of drug-likeness (QED) is 0.0212. The fourth-order valence-electron chi connectivity index (χ4n) is 6.97. The number of unbranched alkanes of at least 4 members (excludes halogenated alkanes) is 29. The monoisotopic (exact) mass is 845 g/mol. The maximum Gasteiger partial charge on any atom is 0.472 e. The molecule has 2 atom stereocenters. The van der Waals surface area contributed by atoms with Crippen LogP contribution in [0.5, 0.6) is 0 Å². The van der Waals surface area contributed by atoms with E-state index in [-0.39, 0.29) is 26.1 Å². The fourth-order valence-corrected chi connectivity index (χ4v) is 7.72. The zero-order valence-corrected chi connectivity index (χ0v) is 39.7. The predicted octanol–water partition coefficient (Wildman–Crippen LogP) is 14.1. The molecule has 0 aromatic rings. The van der Waals surface area contributed by atoms with Gasteiger partial charge in [0.05, 0.1) is 27.7 Å². The minimum atomic E-state index is -4.38. The molecule has 0 aliphatic rings. The lowest BCUT2D eigenvalue weighted by Crippen LogP contribution is -2.37. The third-order valence-corrected chi connectivity index (χ3v) is 11.8. The zero-order valence-electron chi connectivity index (χ0n) is 38.8. The molecule has 0 aromatic heterocycles. The highest BCUT2D eigenvalue weighted by atomic mass is 31.2. The summed E-state index contributed by atoms with van der Waals surface area (Å²) in [5.41, 5.74) is 0. The molecule has 2 unspecified atom stereocenters. The Kier molecular flexibility index (Phi) is 40.2. The lowest BCUT2D eigenvalue weighted by atomic mass is 10.0. The number of quaternary nitrogens is 1. The summed E-state index contributed by atoms with van der Waals surface area (Å²) in [5.74, 6) is -0.841. The zero-order chi connectivity index (χ0) is 42.8. The minimum Gasteiger partial charge on any atom is -0.462 e. The molecule has 344 valence electrons. The topological polar surface area (TPSA) is 108 Å². The highest BCUT2D eigenvalue weighted by Crippen LogP contribution is 2.43. The van der Waals surface area contributed by atoms with Crippen molar-refractivity contribution in [2.24, 2.45) is 0 Å². The van der Waals surface area contributed by atoms with Crippen LogP contribution in [0.3, 0.4) is 0 Å². The van der Waals surface area contributed by atoms with Gasteiger partial charge in [0.25, 0.3) is 0 Å². The second-order valence-electron chi connectivity index (χ2n) is 17.9. The summed E-state index contributed by atoms with van der Waals surface area (Å²) in [6.45, 7) is 4.42. The number of hydrogen-bond donors (Lipinski definition) is 1. The number of likely N-dealkylation sites (N-methyl/N-ethyl adjacent to an activating group) is 1. The number of esters is 2. The van der Waals surface area contributed by atoms with Gasteiger partial charge in [0.1, 0.15) is 19.8 Å². The molecule has 1 N–H and O–H groups in total. The number of allylic oxidation sites excluding steroid dienone is 2. The van der Waals surface area contributed by atoms with Gasteiger partial charge in [-0.15, -0.1) is 0 Å². The summed E-state index contributed by atoms with van der Waals surface area (Å²) < 4.78 is 34.3. The molecule has 0 bridgehead atoms. The van der Waals surface area contributed by atoms with Crippen molar-refractivity contribution in [2.45, 2.75) is 238 Å². The molecule has 0 fully saturated rings. The van der Waals surface area contributed by atoms with E-state index >= 15 is 0 Å². The summed E-state index contributed by atoms with van der Waals surface area (Å²) in [7, 11) is 1.47. The van der Waals surface area contributed by atoms with Crippen LogP contribution in [0.2, 0.25) is 0 Å². The summed E-state index contributed by atoms with van der Waals surface area (Å²) in [6.07, 6.45) is 44.1. The smallest absolute Gasteiger partial charge is 0.462 e. The summed E-state index contributed by atoms with van der Waals surface area (Å²) in [5, 5.41) is 0. The van der Waals surface area contributed by atoms with Gasteiger partial charge < -0.3 is 18.9 Å². The first-order valence-corrected chi connectivity index (χ1v) is 25.9. The van der Waals surface area contributed by atoms with E-state index in [1.807, 2.05) is 27.2 Å². The van der Waals surface area contributed by atoms with Crippen molar-refractivity contribution in [3.8, 4) is 0 Å². The number of rotatable bonds is 45. The van der Waals surface area contributed by atoms with E-state index in [0.29, 0.717) is 23.9 Å². The summed E-state index contributed by atoms with van der Waals surface area (Å²) in [6, 6.07) is 0. The van der Waals surface area contributed by atoms with Gasteiger partial charge in [0.15, 0.2) is 6.10 Å². The van der Waals surface area contributed by atoms with Crippen molar-refractivity contribution in [3.63, 3.8) is 0 Å². The van der Waals surface area contributed by atoms with Gasteiger partial charge in [-0.3, -0.25) is 18.6 Å². The van der Waals surface area contributed by atoms with Crippen LogP contribution < -0.4 is 0 Å². The molecule has 10 heteroatoms. The van der Waals surface area contributed by atoms with E-state index in [0.717, 1.165) is 25.7 Å². The second kappa shape index (κ2) is 41.1. The Morgan fingerprint density at radius 2 is 0.914 bits per heavy atom. The number of phosphoric ester groups is 1. The van der Waals surface area contributed by atoms with Crippen LogP contribution in [-0.4, -0.2) is 74.9 Å². The first-order valence-electron chi connectivity index (χ1n) is 24.4. The molecule has 0 radical (unpaired) electrons. The highest BCUT2D eigenvalue weighted by molar-refractivity contribution is 7.47. The van der Waals surface area contributed by atoms with Gasteiger partial charge in [-0.25, -0.2) is 4.57 Å². The maximum absolute atomic E-state index is 12.7. The normalized spacial score (nSPS) is 13.6. The van der Waals surface area contributed by atoms with Crippen molar-refractivity contribution < 1.29 is 42.1 Å². The molecule has 0 aromatic carbocycles. The molecule has 58 heavy (non-hydrogen) atoms. The van der Waals surface area contributed by atoms with E-state index in [4.69, 9.17) is 18.5 Å². The minimum absolute atomic E-state index is 0.0306. The standard InChI is InChI=1S/C48H94NO8P/c1-6-8-10-12-14-16-18-20-22-23-24-25-27-29-31-33-35-37-39-41-48(51)57-46(45-56-58(52,53)55-43-42-49(3,4)5)44-54-47(50)40-38-36-34-32-30-28-26-21-19-17-15-13-11-9-7-2/h34,36,46H,6-33,35,37-45H2,1-5H3/p+1/b36-34-. The summed E-state index contributed by atoms with van der Waals surface area (Å²) in [4.78, 5) is 35.4. The molecular formula is C48H95NO8P+. The van der Waals surface area contributed by atoms with Crippen LogP contribution in [0.25, 0.3) is 0 Å². The number of ether oxygens (including phenoxy) is 2. The van der Waals surface area contributed by atoms with Crippen LogP contribution in [0.15, 0.2) is 12.2 Å². The van der Waals surface area contributed by atoms with Crippen LogP contribution in [-0.2, 0) is 32.7 Å². The molecule has 0 saturated carbocycles. The Labute approximate surface area is 358 Å². The molecule has 0 rings (SSSR count).